The second kappa shape index (κ2) is 8.74. The molecule has 5 rings (SSSR count). The van der Waals surface area contributed by atoms with Crippen LogP contribution < -0.4 is 16.2 Å². The zero-order chi connectivity index (χ0) is 23.8. The lowest BCUT2D eigenvalue weighted by Gasteiger charge is -2.42. The first-order valence-electron chi connectivity index (χ1n) is 11.0. The number of carbonyl (C=O) groups excluding carboxylic acids is 2. The van der Waals surface area contributed by atoms with E-state index in [2.05, 4.69) is 10.6 Å². The summed E-state index contributed by atoms with van der Waals surface area (Å²) in [6, 6.07) is 13.8. The molecule has 1 fully saturated rings. The normalized spacial score (nSPS) is 18.7. The Labute approximate surface area is 194 Å². The fourth-order valence-corrected chi connectivity index (χ4v) is 4.74. The Hall–Kier alpha value is -4.01. The summed E-state index contributed by atoms with van der Waals surface area (Å²) in [5, 5.41) is 5.42. The number of rotatable bonds is 3. The Morgan fingerprint density at radius 3 is 2.21 bits per heavy atom. The standard InChI is InChI=1S/C25H22F2N4O3/c26-18-3-1-16(2-4-18)23(32)29-21-9-10-22-17-11-15(13-31(22)24(21)33)12-30(14-17)25(34)28-20-7-5-19(27)6-8-20/h1-10,15,17H,11-14H2,(H,28,34)(H,29,32)/t15-,17-/m1/s1. The Kier molecular flexibility index (Phi) is 5.61. The predicted molar refractivity (Wildman–Crippen MR) is 123 cm³/mol. The summed E-state index contributed by atoms with van der Waals surface area (Å²) in [5.74, 6) is -1.23. The number of hydrogen-bond acceptors (Lipinski definition) is 3. The topological polar surface area (TPSA) is 83.4 Å². The summed E-state index contributed by atoms with van der Waals surface area (Å²) in [6.07, 6.45) is 0.862. The predicted octanol–water partition coefficient (Wildman–Crippen LogP) is 4.03. The molecule has 1 aromatic heterocycles. The SMILES string of the molecule is O=C(Nc1ccc2n(c1=O)C[C@@H]1C[C@@H]2CN(C(=O)Nc2ccc(F)cc2)C1)c1ccc(F)cc1. The molecular weight excluding hydrogens is 442 g/mol. The molecule has 0 saturated carbocycles. The fraction of sp³-hybridized carbons (Fsp3) is 0.240. The molecule has 3 heterocycles. The van der Waals surface area contributed by atoms with E-state index in [0.29, 0.717) is 25.3 Å². The van der Waals surface area contributed by atoms with Gasteiger partial charge in [-0.3, -0.25) is 9.59 Å². The number of urea groups is 1. The quantitative estimate of drug-likeness (QED) is 0.614. The van der Waals surface area contributed by atoms with Gasteiger partial charge in [0.05, 0.1) is 0 Å². The summed E-state index contributed by atoms with van der Waals surface area (Å²) >= 11 is 0. The number of nitrogens with one attached hydrogen (secondary N) is 2. The van der Waals surface area contributed by atoms with E-state index in [1.807, 2.05) is 6.07 Å². The molecule has 3 aromatic rings. The lowest BCUT2D eigenvalue weighted by molar-refractivity contribution is 0.102. The highest BCUT2D eigenvalue weighted by molar-refractivity contribution is 6.04. The van der Waals surface area contributed by atoms with Gasteiger partial charge in [-0.05, 0) is 73.0 Å². The van der Waals surface area contributed by atoms with Crippen molar-refractivity contribution in [3.05, 3.63) is 93.9 Å². The highest BCUT2D eigenvalue weighted by Gasteiger charge is 2.36. The van der Waals surface area contributed by atoms with Crippen molar-refractivity contribution in [1.82, 2.24) is 9.47 Å². The van der Waals surface area contributed by atoms with Crippen LogP contribution in [0.3, 0.4) is 0 Å². The number of carbonyl (C=O) groups is 2. The van der Waals surface area contributed by atoms with Crippen LogP contribution in [0.25, 0.3) is 0 Å². The fourth-order valence-electron chi connectivity index (χ4n) is 4.74. The van der Waals surface area contributed by atoms with Gasteiger partial charge in [0.1, 0.15) is 17.3 Å². The van der Waals surface area contributed by atoms with Gasteiger partial charge in [0, 0.05) is 42.5 Å². The van der Waals surface area contributed by atoms with Crippen LogP contribution in [0.2, 0.25) is 0 Å². The van der Waals surface area contributed by atoms with Crippen molar-refractivity contribution in [3.63, 3.8) is 0 Å². The highest BCUT2D eigenvalue weighted by Crippen LogP contribution is 2.35. The number of aromatic nitrogens is 1. The Bertz CT molecular complexity index is 1310. The van der Waals surface area contributed by atoms with Crippen molar-refractivity contribution in [2.75, 3.05) is 23.7 Å². The third kappa shape index (κ3) is 4.28. The molecule has 2 aliphatic heterocycles. The molecule has 2 aromatic carbocycles. The molecule has 174 valence electrons. The zero-order valence-corrected chi connectivity index (χ0v) is 18.1. The molecule has 34 heavy (non-hydrogen) atoms. The largest absolute Gasteiger partial charge is 0.324 e. The van der Waals surface area contributed by atoms with Crippen LogP contribution in [0, 0.1) is 17.6 Å². The third-order valence-corrected chi connectivity index (χ3v) is 6.34. The maximum absolute atomic E-state index is 13.1. The first-order valence-corrected chi connectivity index (χ1v) is 11.0. The van der Waals surface area contributed by atoms with Gasteiger partial charge in [0.25, 0.3) is 11.5 Å². The number of hydrogen-bond donors (Lipinski definition) is 2. The molecule has 0 aliphatic carbocycles. The Balaban J connectivity index is 1.32. The van der Waals surface area contributed by atoms with E-state index in [0.717, 1.165) is 12.1 Å². The van der Waals surface area contributed by atoms with Crippen LogP contribution in [0.5, 0.6) is 0 Å². The first-order chi connectivity index (χ1) is 16.4. The summed E-state index contributed by atoms with van der Waals surface area (Å²) < 4.78 is 27.9. The second-order valence-corrected chi connectivity index (χ2v) is 8.69. The monoisotopic (exact) mass is 464 g/mol. The van der Waals surface area contributed by atoms with Gasteiger partial charge >= 0.3 is 6.03 Å². The summed E-state index contributed by atoms with van der Waals surface area (Å²) in [4.78, 5) is 40.1. The number of amides is 3. The average Bonchev–Trinajstić information content (AvgIpc) is 2.83. The second-order valence-electron chi connectivity index (χ2n) is 8.69. The lowest BCUT2D eigenvalue weighted by Crippen LogP contribution is -2.50. The number of nitrogens with zero attached hydrogens (tertiary/aromatic N) is 2. The zero-order valence-electron chi connectivity index (χ0n) is 18.1. The number of anilines is 2. The van der Waals surface area contributed by atoms with Gasteiger partial charge in [-0.1, -0.05) is 0 Å². The molecule has 0 radical (unpaired) electrons. The van der Waals surface area contributed by atoms with Gasteiger partial charge in [0.2, 0.25) is 0 Å². The van der Waals surface area contributed by atoms with Crippen molar-refractivity contribution in [2.45, 2.75) is 18.9 Å². The number of pyridine rings is 1. The minimum Gasteiger partial charge on any atom is -0.324 e. The van der Waals surface area contributed by atoms with Crippen LogP contribution in [0.1, 0.15) is 28.4 Å². The molecule has 2 aliphatic rings. The van der Waals surface area contributed by atoms with Crippen molar-refractivity contribution in [1.29, 1.82) is 0 Å². The number of benzene rings is 2. The van der Waals surface area contributed by atoms with Crippen molar-refractivity contribution < 1.29 is 18.4 Å². The maximum atomic E-state index is 13.1. The molecular formula is C25H22F2N4O3. The van der Waals surface area contributed by atoms with E-state index in [4.69, 9.17) is 0 Å². The van der Waals surface area contributed by atoms with Crippen LogP contribution >= 0.6 is 0 Å². The van der Waals surface area contributed by atoms with E-state index < -0.39 is 11.7 Å². The minimum absolute atomic E-state index is 0.0129. The minimum atomic E-state index is -0.489. The van der Waals surface area contributed by atoms with E-state index in [1.54, 1.807) is 15.5 Å². The molecule has 1 saturated heterocycles. The highest BCUT2D eigenvalue weighted by atomic mass is 19.1. The van der Waals surface area contributed by atoms with Gasteiger partial charge in [-0.2, -0.15) is 0 Å². The number of likely N-dealkylation sites (tertiary alicyclic amines) is 1. The summed E-state index contributed by atoms with van der Waals surface area (Å²) in [5.41, 5.74) is 1.44. The van der Waals surface area contributed by atoms with Crippen LogP contribution in [-0.4, -0.2) is 34.5 Å². The molecule has 3 amide bonds. The van der Waals surface area contributed by atoms with Gasteiger partial charge in [-0.25, -0.2) is 13.6 Å². The molecule has 9 heteroatoms. The third-order valence-electron chi connectivity index (χ3n) is 6.34. The average molecular weight is 464 g/mol. The van der Waals surface area contributed by atoms with E-state index in [-0.39, 0.29) is 40.5 Å². The lowest BCUT2D eigenvalue weighted by atomic mass is 9.83. The van der Waals surface area contributed by atoms with Crippen LogP contribution in [0.15, 0.2) is 65.5 Å². The van der Waals surface area contributed by atoms with Crippen molar-refractivity contribution >= 4 is 23.3 Å². The number of piperidine rings is 1. The molecule has 2 bridgehead atoms. The Morgan fingerprint density at radius 1 is 0.824 bits per heavy atom. The maximum Gasteiger partial charge on any atom is 0.321 e. The molecule has 0 unspecified atom stereocenters. The van der Waals surface area contributed by atoms with Gasteiger partial charge in [-0.15, -0.1) is 0 Å². The smallest absolute Gasteiger partial charge is 0.321 e. The Morgan fingerprint density at radius 2 is 1.50 bits per heavy atom. The van der Waals surface area contributed by atoms with Gasteiger partial charge in [0.15, 0.2) is 0 Å². The van der Waals surface area contributed by atoms with Crippen LogP contribution in [0.4, 0.5) is 25.0 Å². The summed E-state index contributed by atoms with van der Waals surface area (Å²) in [6.45, 7) is 1.37. The molecule has 0 spiro atoms. The number of halogens is 2. The first kappa shape index (κ1) is 21.8. The van der Waals surface area contributed by atoms with E-state index in [9.17, 15) is 23.2 Å². The molecule has 2 N–H and O–H groups in total. The van der Waals surface area contributed by atoms with Crippen molar-refractivity contribution in [2.24, 2.45) is 5.92 Å². The van der Waals surface area contributed by atoms with E-state index in [1.165, 1.54) is 48.5 Å². The van der Waals surface area contributed by atoms with Gasteiger partial charge < -0.3 is 20.1 Å². The number of fused-ring (bicyclic) bond motifs is 4. The van der Waals surface area contributed by atoms with Crippen LogP contribution in [-0.2, 0) is 6.54 Å². The van der Waals surface area contributed by atoms with Crippen molar-refractivity contribution in [3.8, 4) is 0 Å². The molecule has 2 atom stereocenters. The van der Waals surface area contributed by atoms with E-state index >= 15 is 0 Å². The summed E-state index contributed by atoms with van der Waals surface area (Å²) in [7, 11) is 0. The molecule has 7 nitrogen and oxygen atoms in total.